The van der Waals surface area contributed by atoms with Crippen LogP contribution in [-0.4, -0.2) is 21.2 Å². The zero-order chi connectivity index (χ0) is 9.14. The molecule has 0 aliphatic carbocycles. The Labute approximate surface area is 69.5 Å². The Morgan fingerprint density at radius 3 is 2.67 bits per heavy atom. The zero-order valence-electron chi connectivity index (χ0n) is 6.56. The van der Waals surface area contributed by atoms with Crippen LogP contribution in [0.5, 0.6) is 0 Å². The number of aromatic nitrogens is 1. The number of aryl methyl sites for hydroxylation is 1. The minimum absolute atomic E-state index is 0.299. The van der Waals surface area contributed by atoms with Gasteiger partial charge in [0.15, 0.2) is 6.10 Å². The molecule has 1 aromatic rings. The lowest BCUT2D eigenvalue weighted by Crippen LogP contribution is -2.10. The first kappa shape index (κ1) is 8.67. The monoisotopic (exact) mass is 167 g/mol. The number of aliphatic hydroxyl groups excluding tert-OH is 1. The molecule has 0 spiro atoms. The molecule has 4 nitrogen and oxygen atoms in total. The quantitative estimate of drug-likeness (QED) is 0.673. The predicted molar refractivity (Wildman–Crippen MR) is 41.6 cm³/mol. The number of pyridine rings is 1. The van der Waals surface area contributed by atoms with Crippen molar-refractivity contribution in [1.29, 1.82) is 0 Å². The molecular formula is C8H9NO3. The second-order valence-electron chi connectivity index (χ2n) is 2.47. The van der Waals surface area contributed by atoms with Crippen LogP contribution in [0.1, 0.15) is 17.4 Å². The van der Waals surface area contributed by atoms with Gasteiger partial charge in [0, 0.05) is 17.5 Å². The number of aliphatic carboxylic acids is 1. The maximum absolute atomic E-state index is 10.3. The molecule has 1 heterocycles. The fourth-order valence-corrected chi connectivity index (χ4v) is 0.784. The topological polar surface area (TPSA) is 70.4 Å². The first-order valence-corrected chi connectivity index (χ1v) is 3.44. The van der Waals surface area contributed by atoms with E-state index in [1.807, 2.05) is 0 Å². The molecule has 0 amide bonds. The highest BCUT2D eigenvalue weighted by Gasteiger charge is 2.15. The average Bonchev–Trinajstić information content (AvgIpc) is 2.04. The minimum Gasteiger partial charge on any atom is -0.479 e. The molecule has 0 fully saturated rings. The summed E-state index contributed by atoms with van der Waals surface area (Å²) in [6.45, 7) is 1.79. The van der Waals surface area contributed by atoms with Crippen molar-refractivity contribution in [2.24, 2.45) is 0 Å². The van der Waals surface area contributed by atoms with Crippen LogP contribution in [0.15, 0.2) is 18.3 Å². The van der Waals surface area contributed by atoms with Gasteiger partial charge in [-0.25, -0.2) is 4.79 Å². The fraction of sp³-hybridized carbons (Fsp3) is 0.250. The lowest BCUT2D eigenvalue weighted by molar-refractivity contribution is -0.146. The summed E-state index contributed by atoms with van der Waals surface area (Å²) in [5.41, 5.74) is 1.09. The third kappa shape index (κ3) is 1.79. The Hall–Kier alpha value is -1.42. The summed E-state index contributed by atoms with van der Waals surface area (Å²) in [5, 5.41) is 17.5. The van der Waals surface area contributed by atoms with Crippen molar-refractivity contribution in [2.75, 3.05) is 0 Å². The van der Waals surface area contributed by atoms with E-state index < -0.39 is 12.1 Å². The second-order valence-corrected chi connectivity index (χ2v) is 2.47. The van der Waals surface area contributed by atoms with Gasteiger partial charge in [-0.1, -0.05) is 6.07 Å². The van der Waals surface area contributed by atoms with E-state index in [-0.39, 0.29) is 0 Å². The molecule has 1 unspecified atom stereocenters. The third-order valence-electron chi connectivity index (χ3n) is 1.48. The molecule has 0 bridgehead atoms. The van der Waals surface area contributed by atoms with Gasteiger partial charge in [0.25, 0.3) is 0 Å². The van der Waals surface area contributed by atoms with Crippen molar-refractivity contribution in [2.45, 2.75) is 13.0 Å². The first-order chi connectivity index (χ1) is 5.61. The molecule has 64 valence electrons. The van der Waals surface area contributed by atoms with Crippen LogP contribution in [0, 0.1) is 6.92 Å². The number of hydrogen-bond donors (Lipinski definition) is 2. The highest BCUT2D eigenvalue weighted by atomic mass is 16.4. The van der Waals surface area contributed by atoms with Gasteiger partial charge in [0.2, 0.25) is 0 Å². The predicted octanol–water partition coefficient (Wildman–Crippen LogP) is 0.508. The molecule has 0 aromatic carbocycles. The first-order valence-electron chi connectivity index (χ1n) is 3.44. The van der Waals surface area contributed by atoms with Gasteiger partial charge in [0.05, 0.1) is 0 Å². The molecule has 0 aliphatic rings. The van der Waals surface area contributed by atoms with E-state index in [2.05, 4.69) is 4.98 Å². The van der Waals surface area contributed by atoms with Crippen LogP contribution in [0.4, 0.5) is 0 Å². The fourth-order valence-electron chi connectivity index (χ4n) is 0.784. The molecule has 2 N–H and O–H groups in total. The van der Waals surface area contributed by atoms with Gasteiger partial charge in [-0.15, -0.1) is 0 Å². The molecule has 1 rings (SSSR count). The van der Waals surface area contributed by atoms with E-state index in [1.54, 1.807) is 19.1 Å². The Balaban J connectivity index is 2.89. The van der Waals surface area contributed by atoms with E-state index in [0.717, 1.165) is 5.69 Å². The summed E-state index contributed by atoms with van der Waals surface area (Å²) in [6, 6.07) is 3.20. The van der Waals surface area contributed by atoms with E-state index in [1.165, 1.54) is 6.20 Å². The molecule has 1 aromatic heterocycles. The molecule has 4 heteroatoms. The van der Waals surface area contributed by atoms with E-state index in [9.17, 15) is 4.79 Å². The molecule has 0 radical (unpaired) electrons. The number of carboxylic acid groups (broad SMARTS) is 1. The summed E-state index contributed by atoms with van der Waals surface area (Å²) >= 11 is 0. The molecule has 1 atom stereocenters. The number of hydrogen-bond acceptors (Lipinski definition) is 3. The summed E-state index contributed by atoms with van der Waals surface area (Å²) in [7, 11) is 0. The normalized spacial score (nSPS) is 12.5. The van der Waals surface area contributed by atoms with E-state index in [0.29, 0.717) is 5.56 Å². The lowest BCUT2D eigenvalue weighted by Gasteiger charge is -2.04. The van der Waals surface area contributed by atoms with E-state index >= 15 is 0 Å². The highest BCUT2D eigenvalue weighted by Crippen LogP contribution is 2.11. The summed E-state index contributed by atoms with van der Waals surface area (Å²) in [6.07, 6.45) is -0.119. The smallest absolute Gasteiger partial charge is 0.337 e. The van der Waals surface area contributed by atoms with Crippen LogP contribution >= 0.6 is 0 Å². The second kappa shape index (κ2) is 3.32. The van der Waals surface area contributed by atoms with Gasteiger partial charge in [0.1, 0.15) is 0 Å². The molecular weight excluding hydrogens is 158 g/mol. The Kier molecular flexibility index (Phi) is 2.40. The Bertz CT molecular complexity index is 281. The number of rotatable bonds is 2. The van der Waals surface area contributed by atoms with Crippen LogP contribution in [-0.2, 0) is 4.79 Å². The largest absolute Gasteiger partial charge is 0.479 e. The summed E-state index contributed by atoms with van der Waals surface area (Å²) < 4.78 is 0. The van der Waals surface area contributed by atoms with Gasteiger partial charge in [-0.2, -0.15) is 0 Å². The lowest BCUT2D eigenvalue weighted by atomic mass is 10.1. The van der Waals surface area contributed by atoms with Crippen LogP contribution in [0.2, 0.25) is 0 Å². The molecule has 0 saturated carbocycles. The van der Waals surface area contributed by atoms with Crippen molar-refractivity contribution in [3.05, 3.63) is 29.6 Å². The molecule has 12 heavy (non-hydrogen) atoms. The summed E-state index contributed by atoms with van der Waals surface area (Å²) in [4.78, 5) is 14.2. The number of carbonyl (C=O) groups is 1. The summed E-state index contributed by atoms with van der Waals surface area (Å²) in [5.74, 6) is -1.26. The maximum Gasteiger partial charge on any atom is 0.337 e. The number of carboxylic acids is 1. The van der Waals surface area contributed by atoms with Crippen LogP contribution in [0.25, 0.3) is 0 Å². The SMILES string of the molecule is Cc1ccc(C(O)C(=O)O)cn1. The van der Waals surface area contributed by atoms with Crippen molar-refractivity contribution in [1.82, 2.24) is 4.98 Å². The average molecular weight is 167 g/mol. The highest BCUT2D eigenvalue weighted by molar-refractivity contribution is 5.73. The van der Waals surface area contributed by atoms with E-state index in [4.69, 9.17) is 10.2 Å². The zero-order valence-corrected chi connectivity index (χ0v) is 6.56. The van der Waals surface area contributed by atoms with Crippen molar-refractivity contribution in [3.8, 4) is 0 Å². The maximum atomic E-state index is 10.3. The van der Waals surface area contributed by atoms with Gasteiger partial charge in [-0.3, -0.25) is 4.98 Å². The third-order valence-corrected chi connectivity index (χ3v) is 1.48. The van der Waals surface area contributed by atoms with Crippen molar-refractivity contribution < 1.29 is 15.0 Å². The number of nitrogens with zero attached hydrogens (tertiary/aromatic N) is 1. The molecule has 0 saturated heterocycles. The van der Waals surface area contributed by atoms with Gasteiger partial charge < -0.3 is 10.2 Å². The van der Waals surface area contributed by atoms with Crippen molar-refractivity contribution in [3.63, 3.8) is 0 Å². The van der Waals surface area contributed by atoms with Gasteiger partial charge >= 0.3 is 5.97 Å². The van der Waals surface area contributed by atoms with Crippen LogP contribution < -0.4 is 0 Å². The Morgan fingerprint density at radius 2 is 2.25 bits per heavy atom. The Morgan fingerprint density at radius 1 is 1.58 bits per heavy atom. The van der Waals surface area contributed by atoms with Gasteiger partial charge in [-0.05, 0) is 13.0 Å². The van der Waals surface area contributed by atoms with Crippen LogP contribution in [0.3, 0.4) is 0 Å². The standard InChI is InChI=1S/C8H9NO3/c1-5-2-3-6(4-9-5)7(10)8(11)12/h2-4,7,10H,1H3,(H,11,12). The number of aliphatic hydroxyl groups is 1. The van der Waals surface area contributed by atoms with Crippen molar-refractivity contribution >= 4 is 5.97 Å². The minimum atomic E-state index is -1.47. The molecule has 0 aliphatic heterocycles.